The maximum atomic E-state index is 12.2. The topological polar surface area (TPSA) is 58.1 Å². The molecule has 1 N–H and O–H groups in total. The van der Waals surface area contributed by atoms with Crippen LogP contribution in [-0.2, 0) is 17.6 Å². The summed E-state index contributed by atoms with van der Waals surface area (Å²) in [5.74, 6) is 1.80. The summed E-state index contributed by atoms with van der Waals surface area (Å²) >= 11 is 1.81. The number of thiophene rings is 1. The van der Waals surface area contributed by atoms with Gasteiger partial charge in [-0.15, -0.1) is 11.3 Å². The summed E-state index contributed by atoms with van der Waals surface area (Å²) in [5, 5.41) is 4.59. The molecule has 2 aliphatic rings. The molecule has 122 valence electrons. The van der Waals surface area contributed by atoms with Gasteiger partial charge >= 0.3 is 0 Å². The van der Waals surface area contributed by atoms with Crippen LogP contribution in [0.25, 0.3) is 10.2 Å². The number of hydrogen-bond donors (Lipinski definition) is 1. The van der Waals surface area contributed by atoms with Crippen LogP contribution in [0, 0.1) is 6.92 Å². The summed E-state index contributed by atoms with van der Waals surface area (Å²) < 4.78 is 0. The molecule has 1 saturated heterocycles. The third-order valence-corrected chi connectivity index (χ3v) is 6.10. The Morgan fingerprint density at radius 3 is 2.83 bits per heavy atom. The van der Waals surface area contributed by atoms with Crippen LogP contribution in [0.2, 0.25) is 0 Å². The first-order chi connectivity index (χ1) is 11.1. The molecule has 6 heteroatoms. The van der Waals surface area contributed by atoms with Gasteiger partial charge in [-0.2, -0.15) is 0 Å². The SMILES string of the molecule is Cc1nc(NC2CCN(C)C2=O)c2c3c(sc2n1)CCCCC3. The van der Waals surface area contributed by atoms with Crippen molar-refractivity contribution in [3.8, 4) is 0 Å². The molecule has 23 heavy (non-hydrogen) atoms. The molecule has 1 atom stereocenters. The van der Waals surface area contributed by atoms with Crippen LogP contribution in [-0.4, -0.2) is 40.4 Å². The molecule has 2 aromatic rings. The molecule has 1 aliphatic carbocycles. The van der Waals surface area contributed by atoms with Gasteiger partial charge in [0.25, 0.3) is 0 Å². The highest BCUT2D eigenvalue weighted by molar-refractivity contribution is 7.19. The molecule has 1 fully saturated rings. The zero-order chi connectivity index (χ0) is 16.0. The number of carbonyl (C=O) groups is 1. The first kappa shape index (κ1) is 14.9. The van der Waals surface area contributed by atoms with Gasteiger partial charge in [0.1, 0.15) is 22.5 Å². The van der Waals surface area contributed by atoms with Crippen molar-refractivity contribution in [2.75, 3.05) is 18.9 Å². The van der Waals surface area contributed by atoms with Crippen LogP contribution in [0.5, 0.6) is 0 Å². The summed E-state index contributed by atoms with van der Waals surface area (Å²) in [5.41, 5.74) is 1.42. The maximum absolute atomic E-state index is 12.2. The van der Waals surface area contributed by atoms with Gasteiger partial charge in [0.15, 0.2) is 0 Å². The number of rotatable bonds is 2. The average Bonchev–Trinajstić information content (AvgIpc) is 2.91. The highest BCUT2D eigenvalue weighted by Crippen LogP contribution is 2.38. The van der Waals surface area contributed by atoms with Crippen molar-refractivity contribution >= 4 is 33.3 Å². The molecule has 0 aromatic carbocycles. The minimum atomic E-state index is -0.154. The van der Waals surface area contributed by atoms with Crippen LogP contribution in [0.3, 0.4) is 0 Å². The van der Waals surface area contributed by atoms with Gasteiger partial charge in [-0.05, 0) is 44.6 Å². The molecular formula is C17H22N4OS. The average molecular weight is 330 g/mol. The van der Waals surface area contributed by atoms with Gasteiger partial charge in [-0.3, -0.25) is 4.79 Å². The summed E-state index contributed by atoms with van der Waals surface area (Å²) in [4.78, 5) is 25.9. The van der Waals surface area contributed by atoms with E-state index < -0.39 is 0 Å². The molecule has 0 radical (unpaired) electrons. The number of likely N-dealkylation sites (tertiary alicyclic amines) is 1. The Morgan fingerprint density at radius 1 is 1.22 bits per heavy atom. The first-order valence-corrected chi connectivity index (χ1v) is 9.25. The highest BCUT2D eigenvalue weighted by atomic mass is 32.1. The number of amides is 1. The van der Waals surface area contributed by atoms with Crippen LogP contribution in [0.4, 0.5) is 5.82 Å². The molecule has 5 nitrogen and oxygen atoms in total. The Hall–Kier alpha value is -1.69. The summed E-state index contributed by atoms with van der Waals surface area (Å²) in [6.45, 7) is 2.74. The van der Waals surface area contributed by atoms with Gasteiger partial charge < -0.3 is 10.2 Å². The van der Waals surface area contributed by atoms with E-state index in [1.54, 1.807) is 4.90 Å². The molecule has 0 spiro atoms. The van der Waals surface area contributed by atoms with Crippen molar-refractivity contribution in [2.24, 2.45) is 0 Å². The fourth-order valence-corrected chi connectivity index (χ4v) is 4.97. The zero-order valence-corrected chi connectivity index (χ0v) is 14.5. The monoisotopic (exact) mass is 330 g/mol. The first-order valence-electron chi connectivity index (χ1n) is 8.44. The molecule has 1 aliphatic heterocycles. The highest BCUT2D eigenvalue weighted by Gasteiger charge is 2.30. The second kappa shape index (κ2) is 5.74. The van der Waals surface area contributed by atoms with Crippen molar-refractivity contribution in [2.45, 2.75) is 51.5 Å². The van der Waals surface area contributed by atoms with E-state index in [2.05, 4.69) is 15.3 Å². The third-order valence-electron chi connectivity index (χ3n) is 4.91. The lowest BCUT2D eigenvalue weighted by molar-refractivity contribution is -0.127. The predicted molar refractivity (Wildman–Crippen MR) is 93.1 cm³/mol. The molecule has 3 heterocycles. The quantitative estimate of drug-likeness (QED) is 0.860. The number of fused-ring (bicyclic) bond motifs is 3. The smallest absolute Gasteiger partial charge is 0.244 e. The lowest BCUT2D eigenvalue weighted by atomic mass is 10.1. The number of hydrogen-bond acceptors (Lipinski definition) is 5. The number of nitrogens with one attached hydrogen (secondary N) is 1. The summed E-state index contributed by atoms with van der Waals surface area (Å²) in [6, 6.07) is -0.154. The molecule has 0 bridgehead atoms. The fraction of sp³-hybridized carbons (Fsp3) is 0.588. The fourth-order valence-electron chi connectivity index (χ4n) is 3.67. The van der Waals surface area contributed by atoms with Gasteiger partial charge in [0.2, 0.25) is 5.91 Å². The van der Waals surface area contributed by atoms with Crippen molar-refractivity contribution in [1.82, 2.24) is 14.9 Å². The Kier molecular flexibility index (Phi) is 3.71. The number of likely N-dealkylation sites (N-methyl/N-ethyl adjacent to an activating group) is 1. The van der Waals surface area contributed by atoms with E-state index in [1.807, 2.05) is 25.3 Å². The number of aromatic nitrogens is 2. The van der Waals surface area contributed by atoms with Gasteiger partial charge in [-0.25, -0.2) is 9.97 Å². The maximum Gasteiger partial charge on any atom is 0.244 e. The largest absolute Gasteiger partial charge is 0.358 e. The van der Waals surface area contributed by atoms with E-state index in [0.717, 1.165) is 42.3 Å². The van der Waals surface area contributed by atoms with Crippen molar-refractivity contribution in [1.29, 1.82) is 0 Å². The molecule has 1 amide bonds. The summed E-state index contributed by atoms with van der Waals surface area (Å²) in [7, 11) is 1.86. The predicted octanol–water partition coefficient (Wildman–Crippen LogP) is 2.91. The number of carbonyl (C=O) groups excluding carboxylic acids is 1. The van der Waals surface area contributed by atoms with Crippen LogP contribution in [0.1, 0.15) is 41.9 Å². The zero-order valence-electron chi connectivity index (χ0n) is 13.7. The van der Waals surface area contributed by atoms with Crippen LogP contribution in [0.15, 0.2) is 0 Å². The molecule has 0 saturated carbocycles. The second-order valence-corrected chi connectivity index (χ2v) is 7.69. The lowest BCUT2D eigenvalue weighted by Crippen LogP contribution is -2.31. The van der Waals surface area contributed by atoms with E-state index in [-0.39, 0.29) is 11.9 Å². The third kappa shape index (κ3) is 2.59. The molecule has 2 aromatic heterocycles. The standard InChI is InChI=1S/C17H22N4OS/c1-10-18-15(20-12-8-9-21(2)17(12)22)14-11-6-4-3-5-7-13(11)23-16(14)19-10/h12H,3-9H2,1-2H3,(H,18,19,20). The van der Waals surface area contributed by atoms with Gasteiger partial charge in [-0.1, -0.05) is 6.42 Å². The lowest BCUT2D eigenvalue weighted by Gasteiger charge is -2.14. The number of aryl methyl sites for hydroxylation is 3. The Bertz CT molecular complexity index is 770. The van der Waals surface area contributed by atoms with Crippen molar-refractivity contribution in [3.63, 3.8) is 0 Å². The number of nitrogens with zero attached hydrogens (tertiary/aromatic N) is 3. The van der Waals surface area contributed by atoms with Crippen LogP contribution < -0.4 is 5.32 Å². The van der Waals surface area contributed by atoms with E-state index >= 15 is 0 Å². The normalized spacial score (nSPS) is 21.6. The molecular weight excluding hydrogens is 308 g/mol. The van der Waals surface area contributed by atoms with E-state index in [9.17, 15) is 4.79 Å². The van der Waals surface area contributed by atoms with E-state index in [0.29, 0.717) is 0 Å². The Morgan fingerprint density at radius 2 is 2.04 bits per heavy atom. The minimum absolute atomic E-state index is 0.154. The van der Waals surface area contributed by atoms with Gasteiger partial charge in [0.05, 0.1) is 5.39 Å². The Balaban J connectivity index is 1.79. The van der Waals surface area contributed by atoms with E-state index in [4.69, 9.17) is 0 Å². The van der Waals surface area contributed by atoms with Crippen LogP contribution >= 0.6 is 11.3 Å². The minimum Gasteiger partial charge on any atom is -0.358 e. The molecule has 1 unspecified atom stereocenters. The summed E-state index contributed by atoms with van der Waals surface area (Å²) in [6.07, 6.45) is 6.89. The van der Waals surface area contributed by atoms with E-state index in [1.165, 1.54) is 35.1 Å². The van der Waals surface area contributed by atoms with Crippen molar-refractivity contribution < 1.29 is 4.79 Å². The second-order valence-electron chi connectivity index (χ2n) is 6.61. The van der Waals surface area contributed by atoms with Gasteiger partial charge in [0, 0.05) is 18.5 Å². The Labute approximate surface area is 140 Å². The van der Waals surface area contributed by atoms with Crippen molar-refractivity contribution in [3.05, 3.63) is 16.3 Å². The number of anilines is 1. The molecule has 4 rings (SSSR count).